The van der Waals surface area contributed by atoms with Crippen molar-refractivity contribution in [2.45, 2.75) is 0 Å². The van der Waals surface area contributed by atoms with E-state index in [0.717, 1.165) is 5.69 Å². The molecule has 78 valence electrons. The summed E-state index contributed by atoms with van der Waals surface area (Å²) in [6.45, 7) is 0. The van der Waals surface area contributed by atoms with Gasteiger partial charge in [0.2, 0.25) is 0 Å². The van der Waals surface area contributed by atoms with Crippen LogP contribution in [0.3, 0.4) is 0 Å². The number of nitrogens with zero attached hydrogens (tertiary/aromatic N) is 2. The summed E-state index contributed by atoms with van der Waals surface area (Å²) < 4.78 is 6.53. The fourth-order valence-corrected chi connectivity index (χ4v) is 1.50. The SMILES string of the molecule is COc1cnn(-c2ccc(O)cc2)c1Cl. The highest BCUT2D eigenvalue weighted by atomic mass is 35.5. The molecule has 2 rings (SSSR count). The number of methoxy groups -OCH3 is 1. The number of ether oxygens (including phenoxy) is 1. The molecule has 4 nitrogen and oxygen atoms in total. The van der Waals surface area contributed by atoms with Gasteiger partial charge in [-0.15, -0.1) is 0 Å². The first kappa shape index (κ1) is 9.86. The molecule has 5 heteroatoms. The summed E-state index contributed by atoms with van der Waals surface area (Å²) in [4.78, 5) is 0. The van der Waals surface area contributed by atoms with Gasteiger partial charge in [-0.3, -0.25) is 0 Å². The number of benzene rings is 1. The molecule has 0 bridgehead atoms. The lowest BCUT2D eigenvalue weighted by Crippen LogP contribution is -1.95. The fraction of sp³-hybridized carbons (Fsp3) is 0.100. The van der Waals surface area contributed by atoms with E-state index in [1.54, 1.807) is 24.3 Å². The van der Waals surface area contributed by atoms with Crippen LogP contribution in [0.5, 0.6) is 11.5 Å². The molecule has 0 radical (unpaired) electrons. The first-order chi connectivity index (χ1) is 7.22. The Kier molecular flexibility index (Phi) is 2.51. The second-order valence-corrected chi connectivity index (χ2v) is 3.29. The lowest BCUT2D eigenvalue weighted by molar-refractivity contribution is 0.415. The monoisotopic (exact) mass is 224 g/mol. The molecule has 0 aliphatic heterocycles. The first-order valence-corrected chi connectivity index (χ1v) is 4.67. The molecule has 1 aromatic carbocycles. The number of hydrogen-bond acceptors (Lipinski definition) is 3. The van der Waals surface area contributed by atoms with Crippen LogP contribution < -0.4 is 4.74 Å². The van der Waals surface area contributed by atoms with Crippen molar-refractivity contribution in [3.63, 3.8) is 0 Å². The van der Waals surface area contributed by atoms with E-state index in [-0.39, 0.29) is 5.75 Å². The van der Waals surface area contributed by atoms with E-state index in [1.165, 1.54) is 18.0 Å². The van der Waals surface area contributed by atoms with E-state index in [4.69, 9.17) is 21.4 Å². The number of hydrogen-bond donors (Lipinski definition) is 1. The Bertz CT molecular complexity index is 465. The standard InChI is InChI=1S/C10H9ClN2O2/c1-15-9-6-12-13(10(9)11)7-2-4-8(14)5-3-7/h2-6,14H,1H3. The van der Waals surface area contributed by atoms with Gasteiger partial charge in [0.15, 0.2) is 10.9 Å². The molecule has 1 N–H and O–H groups in total. The Hall–Kier alpha value is -1.68. The molecule has 0 aliphatic carbocycles. The average molecular weight is 225 g/mol. The highest BCUT2D eigenvalue weighted by molar-refractivity contribution is 6.31. The summed E-state index contributed by atoms with van der Waals surface area (Å²) in [5.41, 5.74) is 0.765. The number of aromatic hydroxyl groups is 1. The molecule has 0 amide bonds. The number of phenolic OH excluding ortho intramolecular Hbond substituents is 1. The van der Waals surface area contributed by atoms with Crippen molar-refractivity contribution < 1.29 is 9.84 Å². The number of halogens is 1. The summed E-state index contributed by atoms with van der Waals surface area (Å²) >= 11 is 6.01. The van der Waals surface area contributed by atoms with Gasteiger partial charge in [0.05, 0.1) is 19.0 Å². The van der Waals surface area contributed by atoms with Crippen molar-refractivity contribution in [2.75, 3.05) is 7.11 Å². The molecular formula is C10H9ClN2O2. The maximum absolute atomic E-state index is 9.14. The van der Waals surface area contributed by atoms with Crippen molar-refractivity contribution in [3.05, 3.63) is 35.6 Å². The molecule has 0 spiro atoms. The van der Waals surface area contributed by atoms with Crippen molar-refractivity contribution in [2.24, 2.45) is 0 Å². The third-order valence-electron chi connectivity index (χ3n) is 1.99. The Morgan fingerprint density at radius 1 is 1.33 bits per heavy atom. The molecule has 0 fully saturated rings. The van der Waals surface area contributed by atoms with Gasteiger partial charge in [-0.2, -0.15) is 5.10 Å². The molecular weight excluding hydrogens is 216 g/mol. The van der Waals surface area contributed by atoms with Crippen LogP contribution in [-0.4, -0.2) is 22.0 Å². The van der Waals surface area contributed by atoms with Crippen LogP contribution in [0.25, 0.3) is 5.69 Å². The van der Waals surface area contributed by atoms with Crippen molar-refractivity contribution >= 4 is 11.6 Å². The second-order valence-electron chi connectivity index (χ2n) is 2.93. The number of phenols is 1. The Labute approximate surface area is 91.7 Å². The minimum absolute atomic E-state index is 0.203. The van der Waals surface area contributed by atoms with E-state index in [1.807, 2.05) is 0 Å². The van der Waals surface area contributed by atoms with Crippen molar-refractivity contribution in [1.82, 2.24) is 9.78 Å². The quantitative estimate of drug-likeness (QED) is 0.851. The first-order valence-electron chi connectivity index (χ1n) is 4.29. The van der Waals surface area contributed by atoms with Crippen LogP contribution in [0.1, 0.15) is 0 Å². The van der Waals surface area contributed by atoms with Gasteiger partial charge in [0.1, 0.15) is 5.75 Å². The van der Waals surface area contributed by atoms with E-state index in [9.17, 15) is 0 Å². The average Bonchev–Trinajstić information content (AvgIpc) is 2.61. The van der Waals surface area contributed by atoms with Crippen molar-refractivity contribution in [3.8, 4) is 17.2 Å². The van der Waals surface area contributed by atoms with Gasteiger partial charge in [-0.05, 0) is 24.3 Å². The molecule has 0 saturated carbocycles. The van der Waals surface area contributed by atoms with E-state index >= 15 is 0 Å². The van der Waals surface area contributed by atoms with E-state index in [2.05, 4.69) is 5.10 Å². The zero-order valence-electron chi connectivity index (χ0n) is 8.01. The molecule has 1 heterocycles. The van der Waals surface area contributed by atoms with Crippen LogP contribution in [-0.2, 0) is 0 Å². The summed E-state index contributed by atoms with van der Waals surface area (Å²) in [5.74, 6) is 0.721. The third-order valence-corrected chi connectivity index (χ3v) is 2.34. The minimum Gasteiger partial charge on any atom is -0.508 e. The molecule has 1 aromatic heterocycles. The predicted molar refractivity (Wildman–Crippen MR) is 56.8 cm³/mol. The summed E-state index contributed by atoms with van der Waals surface area (Å²) in [6, 6.07) is 6.57. The van der Waals surface area contributed by atoms with Crippen LogP contribution in [0.2, 0.25) is 5.15 Å². The Morgan fingerprint density at radius 3 is 2.53 bits per heavy atom. The predicted octanol–water partition coefficient (Wildman–Crippen LogP) is 2.24. The van der Waals surface area contributed by atoms with Gasteiger partial charge in [0, 0.05) is 0 Å². The Morgan fingerprint density at radius 2 is 2.00 bits per heavy atom. The summed E-state index contributed by atoms with van der Waals surface area (Å²) in [5, 5.41) is 13.6. The van der Waals surface area contributed by atoms with Gasteiger partial charge in [-0.25, -0.2) is 4.68 Å². The minimum atomic E-state index is 0.203. The topological polar surface area (TPSA) is 47.3 Å². The summed E-state index contributed by atoms with van der Waals surface area (Å²) in [6.07, 6.45) is 1.54. The maximum atomic E-state index is 9.14. The summed E-state index contributed by atoms with van der Waals surface area (Å²) in [7, 11) is 1.53. The highest BCUT2D eigenvalue weighted by Gasteiger charge is 2.09. The van der Waals surface area contributed by atoms with Crippen molar-refractivity contribution in [1.29, 1.82) is 0 Å². The van der Waals surface area contributed by atoms with Gasteiger partial charge in [-0.1, -0.05) is 11.6 Å². The molecule has 0 aliphatic rings. The molecule has 0 atom stereocenters. The molecule has 0 saturated heterocycles. The van der Waals surface area contributed by atoms with E-state index in [0.29, 0.717) is 10.9 Å². The van der Waals surface area contributed by atoms with Gasteiger partial charge in [0.25, 0.3) is 0 Å². The molecule has 0 unspecified atom stereocenters. The lowest BCUT2D eigenvalue weighted by Gasteiger charge is -2.03. The molecule has 2 aromatic rings. The fourth-order valence-electron chi connectivity index (χ4n) is 1.23. The number of rotatable bonds is 2. The largest absolute Gasteiger partial charge is 0.508 e. The van der Waals surface area contributed by atoms with E-state index < -0.39 is 0 Å². The van der Waals surface area contributed by atoms with Crippen LogP contribution in [0.4, 0.5) is 0 Å². The molecule has 15 heavy (non-hydrogen) atoms. The normalized spacial score (nSPS) is 10.3. The number of aromatic nitrogens is 2. The third kappa shape index (κ3) is 1.76. The second kappa shape index (κ2) is 3.82. The lowest BCUT2D eigenvalue weighted by atomic mass is 10.3. The zero-order chi connectivity index (χ0) is 10.8. The van der Waals surface area contributed by atoms with Crippen LogP contribution in [0, 0.1) is 0 Å². The smallest absolute Gasteiger partial charge is 0.176 e. The maximum Gasteiger partial charge on any atom is 0.176 e. The van der Waals surface area contributed by atoms with Crippen LogP contribution >= 0.6 is 11.6 Å². The van der Waals surface area contributed by atoms with Crippen LogP contribution in [0.15, 0.2) is 30.5 Å². The zero-order valence-corrected chi connectivity index (χ0v) is 8.77. The van der Waals surface area contributed by atoms with Gasteiger partial charge >= 0.3 is 0 Å². The van der Waals surface area contributed by atoms with Gasteiger partial charge < -0.3 is 9.84 Å². The Balaban J connectivity index is 2.45. The highest BCUT2D eigenvalue weighted by Crippen LogP contribution is 2.26.